The number of aromatic amines is 1. The summed E-state index contributed by atoms with van der Waals surface area (Å²) >= 11 is 0. The van der Waals surface area contributed by atoms with Crippen molar-refractivity contribution in [2.75, 3.05) is 19.6 Å². The van der Waals surface area contributed by atoms with Crippen molar-refractivity contribution < 1.29 is 14.2 Å². The number of hydrazone groups is 1. The lowest BCUT2D eigenvalue weighted by Crippen LogP contribution is -2.15. The predicted molar refractivity (Wildman–Crippen MR) is 130 cm³/mol. The Hall–Kier alpha value is -4.66. The molecule has 0 aliphatic carbocycles. The molecule has 0 spiro atoms. The smallest absolute Gasteiger partial charge is 0.279 e. The molecule has 2 N–H and O–H groups in total. The fourth-order valence-electron chi connectivity index (χ4n) is 3.11. The lowest BCUT2D eigenvalue weighted by Gasteiger charge is -2.11. The molecule has 0 fully saturated rings. The third-order valence-corrected chi connectivity index (χ3v) is 4.87. The van der Waals surface area contributed by atoms with Crippen molar-refractivity contribution in [1.82, 2.24) is 15.2 Å². The first-order chi connectivity index (χ1) is 16.7. The molecule has 0 radical (unpaired) electrons. The van der Waals surface area contributed by atoms with Crippen LogP contribution in [0.2, 0.25) is 0 Å². The second-order valence-electron chi connectivity index (χ2n) is 7.13. The van der Waals surface area contributed by atoms with E-state index in [2.05, 4.69) is 25.7 Å². The van der Waals surface area contributed by atoms with Crippen LogP contribution in [0.15, 0.2) is 82.7 Å². The topological polar surface area (TPSA) is 111 Å². The van der Waals surface area contributed by atoms with Crippen LogP contribution < -0.4 is 25.2 Å². The van der Waals surface area contributed by atoms with Crippen molar-refractivity contribution >= 4 is 12.2 Å². The monoisotopic (exact) mass is 457 g/mol. The summed E-state index contributed by atoms with van der Waals surface area (Å²) in [7, 11) is 3.15. The van der Waals surface area contributed by atoms with Gasteiger partial charge in [0.25, 0.3) is 5.56 Å². The maximum Gasteiger partial charge on any atom is 0.279 e. The highest BCUT2D eigenvalue weighted by atomic mass is 16.5. The molecule has 0 atom stereocenters. The molecule has 0 unspecified atom stereocenters. The zero-order valence-electron chi connectivity index (χ0n) is 18.7. The van der Waals surface area contributed by atoms with Crippen LogP contribution >= 0.6 is 0 Å². The highest BCUT2D eigenvalue weighted by Gasteiger charge is 2.08. The third-order valence-electron chi connectivity index (χ3n) is 4.87. The summed E-state index contributed by atoms with van der Waals surface area (Å²) in [5, 5.41) is 12.1. The molecule has 34 heavy (non-hydrogen) atoms. The van der Waals surface area contributed by atoms with Gasteiger partial charge in [0.2, 0.25) is 5.95 Å². The second-order valence-corrected chi connectivity index (χ2v) is 7.13. The first-order valence-corrected chi connectivity index (χ1v) is 10.4. The molecular formula is C25H23N5O4. The molecule has 1 aromatic heterocycles. The van der Waals surface area contributed by atoms with E-state index >= 15 is 0 Å². The molecule has 172 valence electrons. The van der Waals surface area contributed by atoms with E-state index in [1.165, 1.54) is 0 Å². The summed E-state index contributed by atoms with van der Waals surface area (Å²) < 4.78 is 16.4. The lowest BCUT2D eigenvalue weighted by atomic mass is 10.1. The van der Waals surface area contributed by atoms with Crippen LogP contribution in [-0.2, 0) is 6.61 Å². The van der Waals surface area contributed by atoms with E-state index in [-0.39, 0.29) is 17.2 Å². The number of ether oxygens (including phenoxy) is 3. The van der Waals surface area contributed by atoms with E-state index in [1.807, 2.05) is 42.5 Å². The summed E-state index contributed by atoms with van der Waals surface area (Å²) in [5.41, 5.74) is 4.95. The quantitative estimate of drug-likeness (QED) is 0.290. The first-order valence-electron chi connectivity index (χ1n) is 10.4. The van der Waals surface area contributed by atoms with Crippen LogP contribution in [0.5, 0.6) is 17.2 Å². The van der Waals surface area contributed by atoms with Gasteiger partial charge in [-0.1, -0.05) is 30.3 Å². The molecule has 0 amide bonds. The minimum Gasteiger partial charge on any atom is -0.497 e. The number of hydrogen-bond donors (Lipinski definition) is 2. The van der Waals surface area contributed by atoms with E-state index in [9.17, 15) is 4.79 Å². The molecule has 9 nitrogen and oxygen atoms in total. The van der Waals surface area contributed by atoms with Gasteiger partial charge in [-0.2, -0.15) is 5.10 Å². The van der Waals surface area contributed by atoms with Crippen LogP contribution in [0, 0.1) is 0 Å². The Balaban J connectivity index is 1.40. The Labute approximate surface area is 196 Å². The largest absolute Gasteiger partial charge is 0.497 e. The van der Waals surface area contributed by atoms with Gasteiger partial charge < -0.3 is 14.2 Å². The maximum atomic E-state index is 12.4. The molecule has 3 aromatic carbocycles. The number of methoxy groups -OCH3 is 2. The SMILES string of the molecule is COc1ccc(-c2nnc(N/N=C/c3ccc(OCc4ccccc4)c(OC)c3)[nH]c2=O)cc1. The molecule has 4 rings (SSSR count). The van der Waals surface area contributed by atoms with E-state index in [0.717, 1.165) is 11.1 Å². The van der Waals surface area contributed by atoms with E-state index in [0.29, 0.717) is 29.4 Å². The minimum atomic E-state index is -0.389. The van der Waals surface area contributed by atoms with E-state index < -0.39 is 0 Å². The standard InChI is InChI=1S/C25H23N5O4/c1-32-20-11-9-19(10-12-20)23-24(31)27-25(30-28-23)29-26-15-18-8-13-21(22(14-18)33-2)34-16-17-6-4-3-5-7-17/h3-15H,16H2,1-2H3,(H2,27,29,30,31)/b26-15+. The number of aromatic nitrogens is 3. The predicted octanol–water partition coefficient (Wildman–Crippen LogP) is 3.87. The van der Waals surface area contributed by atoms with Crippen molar-refractivity contribution in [2.45, 2.75) is 6.61 Å². The van der Waals surface area contributed by atoms with Gasteiger partial charge in [-0.05, 0) is 53.6 Å². The highest BCUT2D eigenvalue weighted by Crippen LogP contribution is 2.28. The van der Waals surface area contributed by atoms with Crippen LogP contribution in [-0.4, -0.2) is 35.6 Å². The van der Waals surface area contributed by atoms with Gasteiger partial charge in [0.15, 0.2) is 17.2 Å². The van der Waals surface area contributed by atoms with Crippen molar-refractivity contribution in [1.29, 1.82) is 0 Å². The maximum absolute atomic E-state index is 12.4. The number of rotatable bonds is 9. The molecule has 0 saturated heterocycles. The third kappa shape index (κ3) is 5.57. The molecule has 0 aliphatic rings. The average molecular weight is 457 g/mol. The number of nitrogens with one attached hydrogen (secondary N) is 2. The zero-order chi connectivity index (χ0) is 23.8. The Morgan fingerprint density at radius 1 is 0.941 bits per heavy atom. The fourth-order valence-corrected chi connectivity index (χ4v) is 3.11. The Bertz CT molecular complexity index is 1320. The molecule has 0 aliphatic heterocycles. The number of anilines is 1. The molecule has 4 aromatic rings. The fraction of sp³-hybridized carbons (Fsp3) is 0.120. The van der Waals surface area contributed by atoms with Gasteiger partial charge in [-0.15, -0.1) is 10.2 Å². The molecule has 0 bridgehead atoms. The number of benzene rings is 3. The minimum absolute atomic E-state index is 0.119. The normalized spacial score (nSPS) is 10.8. The molecule has 0 saturated carbocycles. The lowest BCUT2D eigenvalue weighted by molar-refractivity contribution is 0.284. The molecule has 9 heteroatoms. The van der Waals surface area contributed by atoms with Gasteiger partial charge in [0.1, 0.15) is 12.4 Å². The van der Waals surface area contributed by atoms with E-state index in [4.69, 9.17) is 14.2 Å². The summed E-state index contributed by atoms with van der Waals surface area (Å²) in [6, 6.07) is 22.3. The summed E-state index contributed by atoms with van der Waals surface area (Å²) in [6.45, 7) is 0.435. The van der Waals surface area contributed by atoms with Crippen LogP contribution in [0.4, 0.5) is 5.95 Å². The van der Waals surface area contributed by atoms with Crippen molar-refractivity contribution in [3.8, 4) is 28.5 Å². The number of H-pyrrole nitrogens is 1. The Morgan fingerprint density at radius 3 is 2.44 bits per heavy atom. The molecular weight excluding hydrogens is 434 g/mol. The highest BCUT2D eigenvalue weighted by molar-refractivity contribution is 5.81. The first kappa shape index (κ1) is 22.5. The summed E-state index contributed by atoms with van der Waals surface area (Å²) in [4.78, 5) is 15.0. The van der Waals surface area contributed by atoms with Gasteiger partial charge in [0, 0.05) is 5.56 Å². The van der Waals surface area contributed by atoms with Crippen molar-refractivity contribution in [2.24, 2.45) is 5.10 Å². The van der Waals surface area contributed by atoms with Gasteiger partial charge in [-0.25, -0.2) is 5.43 Å². The second kappa shape index (κ2) is 10.8. The van der Waals surface area contributed by atoms with Crippen LogP contribution in [0.3, 0.4) is 0 Å². The van der Waals surface area contributed by atoms with E-state index in [1.54, 1.807) is 50.8 Å². The van der Waals surface area contributed by atoms with Gasteiger partial charge >= 0.3 is 0 Å². The van der Waals surface area contributed by atoms with Gasteiger partial charge in [-0.3, -0.25) is 9.78 Å². The number of hydrogen-bond acceptors (Lipinski definition) is 8. The molecule has 1 heterocycles. The van der Waals surface area contributed by atoms with Crippen molar-refractivity contribution in [3.05, 3.63) is 94.3 Å². The van der Waals surface area contributed by atoms with Crippen LogP contribution in [0.1, 0.15) is 11.1 Å². The number of nitrogens with zero attached hydrogens (tertiary/aromatic N) is 3. The zero-order valence-corrected chi connectivity index (χ0v) is 18.7. The summed E-state index contributed by atoms with van der Waals surface area (Å²) in [5.74, 6) is 2.01. The Morgan fingerprint density at radius 2 is 1.74 bits per heavy atom. The average Bonchev–Trinajstić information content (AvgIpc) is 2.88. The Kier molecular flexibility index (Phi) is 7.14. The van der Waals surface area contributed by atoms with Crippen LogP contribution in [0.25, 0.3) is 11.3 Å². The van der Waals surface area contributed by atoms with Gasteiger partial charge in [0.05, 0.1) is 20.4 Å². The van der Waals surface area contributed by atoms with Crippen molar-refractivity contribution in [3.63, 3.8) is 0 Å². The summed E-state index contributed by atoms with van der Waals surface area (Å²) in [6.07, 6.45) is 1.57.